The van der Waals surface area contributed by atoms with Gasteiger partial charge in [-0.25, -0.2) is 9.97 Å². The zero-order valence-electron chi connectivity index (χ0n) is 13.6. The first-order chi connectivity index (χ1) is 10.7. The third-order valence-electron chi connectivity index (χ3n) is 4.19. The molecular formula is C16H26N6. The number of hydrogen-bond donors (Lipinski definition) is 0. The van der Waals surface area contributed by atoms with Gasteiger partial charge in [-0.05, 0) is 39.0 Å². The highest BCUT2D eigenvalue weighted by Crippen LogP contribution is 2.10. The van der Waals surface area contributed by atoms with E-state index in [0.29, 0.717) is 0 Å². The second-order valence-electron chi connectivity index (χ2n) is 6.32. The van der Waals surface area contributed by atoms with E-state index in [9.17, 15) is 0 Å². The van der Waals surface area contributed by atoms with Crippen LogP contribution in [0.2, 0.25) is 0 Å². The quantitative estimate of drug-likeness (QED) is 0.852. The first-order valence-corrected chi connectivity index (χ1v) is 8.07. The molecule has 2 aromatic heterocycles. The monoisotopic (exact) mass is 302 g/mol. The summed E-state index contributed by atoms with van der Waals surface area (Å²) in [6.07, 6.45) is 10.4. The van der Waals surface area contributed by atoms with Crippen molar-refractivity contribution in [1.82, 2.24) is 28.9 Å². The number of imidazole rings is 2. The van der Waals surface area contributed by atoms with Crippen LogP contribution in [0.1, 0.15) is 24.2 Å². The highest BCUT2D eigenvalue weighted by molar-refractivity contribution is 4.97. The number of aromatic nitrogens is 4. The van der Waals surface area contributed by atoms with Crippen molar-refractivity contribution in [3.8, 4) is 0 Å². The van der Waals surface area contributed by atoms with E-state index in [2.05, 4.69) is 32.2 Å². The summed E-state index contributed by atoms with van der Waals surface area (Å²) in [7, 11) is 4.05. The largest absolute Gasteiger partial charge is 0.340 e. The Labute approximate surface area is 132 Å². The Morgan fingerprint density at radius 1 is 0.773 bits per heavy atom. The highest BCUT2D eigenvalue weighted by atomic mass is 15.2. The van der Waals surface area contributed by atoms with Gasteiger partial charge in [-0.1, -0.05) is 0 Å². The number of nitrogens with zero attached hydrogens (tertiary/aromatic N) is 6. The maximum absolute atomic E-state index is 4.44. The van der Waals surface area contributed by atoms with Crippen molar-refractivity contribution in [2.24, 2.45) is 14.1 Å². The maximum Gasteiger partial charge on any atom is 0.0947 e. The first kappa shape index (κ1) is 15.2. The van der Waals surface area contributed by atoms with Gasteiger partial charge in [-0.3, -0.25) is 9.80 Å². The molecule has 120 valence electrons. The highest BCUT2D eigenvalue weighted by Gasteiger charge is 2.15. The van der Waals surface area contributed by atoms with Crippen molar-refractivity contribution < 1.29 is 0 Å². The van der Waals surface area contributed by atoms with E-state index in [1.54, 1.807) is 0 Å². The SMILES string of the molecule is Cn1cnc(CN2CCCN(Cc3cn(C)cn3)CCC2)c1. The lowest BCUT2D eigenvalue weighted by Crippen LogP contribution is -2.36. The number of aryl methyl sites for hydroxylation is 2. The molecule has 0 N–H and O–H groups in total. The fourth-order valence-electron chi connectivity index (χ4n) is 3.13. The predicted octanol–water partition coefficient (Wildman–Crippen LogP) is 1.25. The van der Waals surface area contributed by atoms with E-state index in [-0.39, 0.29) is 0 Å². The second kappa shape index (κ2) is 7.07. The van der Waals surface area contributed by atoms with Gasteiger partial charge in [0.05, 0.1) is 24.0 Å². The van der Waals surface area contributed by atoms with E-state index in [4.69, 9.17) is 0 Å². The van der Waals surface area contributed by atoms with Crippen LogP contribution in [0.5, 0.6) is 0 Å². The van der Waals surface area contributed by atoms with Crippen LogP contribution >= 0.6 is 0 Å². The van der Waals surface area contributed by atoms with E-state index < -0.39 is 0 Å². The van der Waals surface area contributed by atoms with E-state index in [1.807, 2.05) is 35.9 Å². The van der Waals surface area contributed by atoms with Crippen LogP contribution in [0, 0.1) is 0 Å². The molecule has 1 aliphatic rings. The van der Waals surface area contributed by atoms with Crippen molar-refractivity contribution in [2.45, 2.75) is 25.9 Å². The lowest BCUT2D eigenvalue weighted by Gasteiger charge is -2.29. The summed E-state index contributed by atoms with van der Waals surface area (Å²) in [5, 5.41) is 0. The van der Waals surface area contributed by atoms with Gasteiger partial charge in [0.1, 0.15) is 0 Å². The van der Waals surface area contributed by atoms with Crippen LogP contribution in [0.3, 0.4) is 0 Å². The lowest BCUT2D eigenvalue weighted by molar-refractivity contribution is 0.170. The fourth-order valence-corrected chi connectivity index (χ4v) is 3.13. The number of rotatable bonds is 4. The topological polar surface area (TPSA) is 42.1 Å². The molecule has 0 aromatic carbocycles. The fraction of sp³-hybridized carbons (Fsp3) is 0.625. The van der Waals surface area contributed by atoms with E-state index in [0.717, 1.165) is 39.3 Å². The summed E-state index contributed by atoms with van der Waals surface area (Å²) in [4.78, 5) is 13.9. The van der Waals surface area contributed by atoms with Gasteiger partial charge in [-0.2, -0.15) is 0 Å². The molecule has 0 bridgehead atoms. The minimum atomic E-state index is 0.973. The summed E-state index contributed by atoms with van der Waals surface area (Å²) < 4.78 is 4.04. The van der Waals surface area contributed by atoms with E-state index >= 15 is 0 Å². The molecule has 6 nitrogen and oxygen atoms in total. The Morgan fingerprint density at radius 3 is 1.50 bits per heavy atom. The molecule has 1 aliphatic heterocycles. The van der Waals surface area contributed by atoms with Crippen LogP contribution in [0.15, 0.2) is 25.0 Å². The standard InChI is InChI=1S/C16H26N6/c1-19-9-15(17-13-19)11-21-5-3-7-22(8-4-6-21)12-16-10-20(2)14-18-16/h9-10,13-14H,3-8,11-12H2,1-2H3. The molecule has 0 radical (unpaired) electrons. The van der Waals surface area contributed by atoms with Crippen molar-refractivity contribution >= 4 is 0 Å². The Hall–Kier alpha value is -1.66. The molecule has 0 saturated carbocycles. The summed E-state index contributed by atoms with van der Waals surface area (Å²) in [5.41, 5.74) is 2.35. The normalized spacial score (nSPS) is 18.3. The zero-order chi connectivity index (χ0) is 15.4. The molecule has 1 saturated heterocycles. The van der Waals surface area contributed by atoms with Crippen molar-refractivity contribution in [3.63, 3.8) is 0 Å². The molecule has 1 fully saturated rings. The van der Waals surface area contributed by atoms with Crippen molar-refractivity contribution in [3.05, 3.63) is 36.4 Å². The maximum atomic E-state index is 4.44. The minimum Gasteiger partial charge on any atom is -0.340 e. The molecule has 0 aliphatic carbocycles. The van der Waals surface area contributed by atoms with Crippen LogP contribution in [-0.2, 0) is 27.2 Å². The molecule has 0 amide bonds. The molecule has 0 atom stereocenters. The molecule has 0 spiro atoms. The first-order valence-electron chi connectivity index (χ1n) is 8.07. The summed E-state index contributed by atoms with van der Waals surface area (Å²) in [5.74, 6) is 0. The summed E-state index contributed by atoms with van der Waals surface area (Å²) in [6.45, 7) is 6.54. The molecular weight excluding hydrogens is 276 g/mol. The van der Waals surface area contributed by atoms with E-state index in [1.165, 1.54) is 24.2 Å². The predicted molar refractivity (Wildman–Crippen MR) is 86.2 cm³/mol. The lowest BCUT2D eigenvalue weighted by atomic mass is 10.2. The molecule has 3 heterocycles. The summed E-state index contributed by atoms with van der Waals surface area (Å²) >= 11 is 0. The van der Waals surface area contributed by atoms with Gasteiger partial charge in [-0.15, -0.1) is 0 Å². The van der Waals surface area contributed by atoms with Crippen molar-refractivity contribution in [2.75, 3.05) is 26.2 Å². The van der Waals surface area contributed by atoms with Crippen LogP contribution < -0.4 is 0 Å². The molecule has 22 heavy (non-hydrogen) atoms. The molecule has 6 heteroatoms. The van der Waals surface area contributed by atoms with Gasteiger partial charge in [0.2, 0.25) is 0 Å². The Balaban J connectivity index is 1.47. The molecule has 0 unspecified atom stereocenters. The van der Waals surface area contributed by atoms with Gasteiger partial charge < -0.3 is 9.13 Å². The Bertz CT molecular complexity index is 527. The second-order valence-corrected chi connectivity index (χ2v) is 6.32. The zero-order valence-corrected chi connectivity index (χ0v) is 13.6. The third-order valence-corrected chi connectivity index (χ3v) is 4.19. The molecule has 2 aromatic rings. The van der Waals surface area contributed by atoms with Crippen LogP contribution in [0.25, 0.3) is 0 Å². The smallest absolute Gasteiger partial charge is 0.0947 e. The van der Waals surface area contributed by atoms with Crippen LogP contribution in [-0.4, -0.2) is 55.1 Å². The number of hydrogen-bond acceptors (Lipinski definition) is 4. The molecule has 3 rings (SSSR count). The van der Waals surface area contributed by atoms with Gasteiger partial charge in [0.25, 0.3) is 0 Å². The van der Waals surface area contributed by atoms with Gasteiger partial charge >= 0.3 is 0 Å². The average Bonchev–Trinajstić information content (AvgIpc) is 3.04. The summed E-state index contributed by atoms with van der Waals surface area (Å²) in [6, 6.07) is 0. The average molecular weight is 302 g/mol. The van der Waals surface area contributed by atoms with Crippen LogP contribution in [0.4, 0.5) is 0 Å². The third kappa shape index (κ3) is 4.18. The van der Waals surface area contributed by atoms with Gasteiger partial charge in [0.15, 0.2) is 0 Å². The van der Waals surface area contributed by atoms with Gasteiger partial charge in [0, 0.05) is 39.6 Å². The van der Waals surface area contributed by atoms with Crippen molar-refractivity contribution in [1.29, 1.82) is 0 Å². The Morgan fingerprint density at radius 2 is 1.18 bits per heavy atom. The minimum absolute atomic E-state index is 0.973. The Kier molecular flexibility index (Phi) is 4.90.